The molecular weight excluding hydrogens is 514 g/mol. The number of esters is 2. The lowest BCUT2D eigenvalue weighted by Crippen LogP contribution is -2.43. The van der Waals surface area contributed by atoms with Crippen molar-refractivity contribution in [2.45, 2.75) is 39.0 Å². The Morgan fingerprint density at radius 3 is 2.15 bits per heavy atom. The Labute approximate surface area is 234 Å². The highest BCUT2D eigenvalue weighted by atomic mass is 16.5. The third kappa shape index (κ3) is 5.28. The van der Waals surface area contributed by atoms with E-state index in [1.54, 1.807) is 65.3 Å². The van der Waals surface area contributed by atoms with Gasteiger partial charge in [-0.15, -0.1) is 0 Å². The van der Waals surface area contributed by atoms with Crippen molar-refractivity contribution in [2.75, 3.05) is 34.5 Å². The lowest BCUT2D eigenvalue weighted by molar-refractivity contribution is -0.152. The quantitative estimate of drug-likeness (QED) is 0.359. The van der Waals surface area contributed by atoms with Gasteiger partial charge in [0, 0.05) is 34.5 Å². The molecule has 3 atom stereocenters. The maximum atomic E-state index is 14.5. The second kappa shape index (κ2) is 12.3. The van der Waals surface area contributed by atoms with Crippen molar-refractivity contribution >= 4 is 17.7 Å². The molecule has 1 aliphatic heterocycles. The molecule has 0 saturated carbocycles. The fourth-order valence-electron chi connectivity index (χ4n) is 5.55. The largest absolute Gasteiger partial charge is 0.497 e. The summed E-state index contributed by atoms with van der Waals surface area (Å²) in [7, 11) is 4.63. The Hall–Kier alpha value is -4.27. The normalized spacial score (nSPS) is 20.4. The molecule has 2 aliphatic rings. The van der Waals surface area contributed by atoms with Crippen molar-refractivity contribution in [3.63, 3.8) is 0 Å². The van der Waals surface area contributed by atoms with Crippen molar-refractivity contribution in [3.8, 4) is 17.2 Å². The molecule has 0 radical (unpaired) electrons. The van der Waals surface area contributed by atoms with E-state index in [2.05, 4.69) is 5.32 Å². The van der Waals surface area contributed by atoms with Gasteiger partial charge in [0.15, 0.2) is 5.78 Å². The zero-order valence-corrected chi connectivity index (χ0v) is 23.7. The number of carbonyl (C=O) groups is 3. The number of methoxy groups -OCH3 is 3. The highest BCUT2D eigenvalue weighted by Crippen LogP contribution is 2.50. The van der Waals surface area contributed by atoms with E-state index in [0.29, 0.717) is 46.2 Å². The maximum Gasteiger partial charge on any atom is 0.336 e. The number of rotatable bonds is 9. The molecule has 1 N–H and O–H groups in total. The minimum absolute atomic E-state index is 0.130. The lowest BCUT2D eigenvalue weighted by Gasteiger charge is -2.39. The minimum Gasteiger partial charge on any atom is -0.497 e. The van der Waals surface area contributed by atoms with Gasteiger partial charge < -0.3 is 29.0 Å². The molecule has 212 valence electrons. The zero-order valence-electron chi connectivity index (χ0n) is 23.7. The summed E-state index contributed by atoms with van der Waals surface area (Å²) in [5, 5.41) is 3.31. The van der Waals surface area contributed by atoms with Crippen LogP contribution in [0.15, 0.2) is 65.0 Å². The summed E-state index contributed by atoms with van der Waals surface area (Å²) in [5.41, 5.74) is 3.19. The van der Waals surface area contributed by atoms with Gasteiger partial charge in [-0.1, -0.05) is 18.2 Å². The summed E-state index contributed by atoms with van der Waals surface area (Å²) < 4.78 is 27.2. The number of Topliss-reactive ketones (excluding diaryl/α,β-unsaturated/α-hetero) is 1. The molecular formula is C31H35NO8. The molecule has 0 bridgehead atoms. The van der Waals surface area contributed by atoms with E-state index in [0.717, 1.165) is 5.56 Å². The van der Waals surface area contributed by atoms with Crippen LogP contribution in [0.4, 0.5) is 0 Å². The molecule has 0 unspecified atom stereocenters. The van der Waals surface area contributed by atoms with Crippen LogP contribution in [-0.4, -0.2) is 52.3 Å². The van der Waals surface area contributed by atoms with E-state index in [4.69, 9.17) is 23.7 Å². The Kier molecular flexibility index (Phi) is 8.82. The Bertz CT molecular complexity index is 1360. The average molecular weight is 550 g/mol. The molecule has 40 heavy (non-hydrogen) atoms. The minimum atomic E-state index is -1.11. The van der Waals surface area contributed by atoms with E-state index in [9.17, 15) is 14.4 Å². The third-order valence-electron chi connectivity index (χ3n) is 7.35. The predicted molar refractivity (Wildman–Crippen MR) is 147 cm³/mol. The summed E-state index contributed by atoms with van der Waals surface area (Å²) in [6, 6.07) is 12.5. The number of carbonyl (C=O) groups excluding carboxylic acids is 3. The summed E-state index contributed by atoms with van der Waals surface area (Å²) >= 11 is 0. The highest BCUT2D eigenvalue weighted by molar-refractivity contribution is 6.13. The first kappa shape index (κ1) is 28.7. The van der Waals surface area contributed by atoms with Crippen LogP contribution in [0.2, 0.25) is 0 Å². The lowest BCUT2D eigenvalue weighted by atomic mass is 9.67. The van der Waals surface area contributed by atoms with E-state index in [1.165, 1.54) is 7.11 Å². The maximum absolute atomic E-state index is 14.5. The number of benzene rings is 2. The number of allylic oxidation sites excluding steroid dienone is 3. The molecule has 0 aromatic heterocycles. The van der Waals surface area contributed by atoms with Crippen LogP contribution in [0.5, 0.6) is 17.2 Å². The van der Waals surface area contributed by atoms with Crippen LogP contribution in [0.25, 0.3) is 0 Å². The van der Waals surface area contributed by atoms with Crippen LogP contribution in [-0.2, 0) is 23.9 Å². The average Bonchev–Trinajstić information content (AvgIpc) is 2.96. The van der Waals surface area contributed by atoms with Crippen molar-refractivity contribution in [2.24, 2.45) is 5.92 Å². The van der Waals surface area contributed by atoms with E-state index < -0.39 is 35.5 Å². The smallest absolute Gasteiger partial charge is 0.336 e. The Balaban J connectivity index is 1.93. The molecule has 0 spiro atoms. The highest BCUT2D eigenvalue weighted by Gasteiger charge is 2.49. The van der Waals surface area contributed by atoms with E-state index in [1.807, 2.05) is 12.1 Å². The fourth-order valence-corrected chi connectivity index (χ4v) is 5.55. The number of ketones is 1. The zero-order chi connectivity index (χ0) is 29.0. The number of nitrogens with one attached hydrogen (secondary N) is 1. The van der Waals surface area contributed by atoms with Crippen LogP contribution in [0, 0.1) is 5.92 Å². The molecule has 2 aromatic rings. The first-order chi connectivity index (χ1) is 19.3. The Morgan fingerprint density at radius 1 is 0.900 bits per heavy atom. The molecule has 9 nitrogen and oxygen atoms in total. The number of dihydropyridines is 1. The van der Waals surface area contributed by atoms with Crippen molar-refractivity contribution in [3.05, 3.63) is 76.1 Å². The van der Waals surface area contributed by atoms with Gasteiger partial charge in [-0.2, -0.15) is 0 Å². The molecule has 2 aromatic carbocycles. The van der Waals surface area contributed by atoms with Gasteiger partial charge in [-0.25, -0.2) is 4.79 Å². The van der Waals surface area contributed by atoms with Crippen LogP contribution in [0.3, 0.4) is 0 Å². The second-order valence-electron chi connectivity index (χ2n) is 9.50. The molecule has 4 rings (SSSR count). The van der Waals surface area contributed by atoms with Crippen LogP contribution in [0.1, 0.15) is 50.2 Å². The molecule has 0 saturated heterocycles. The van der Waals surface area contributed by atoms with Gasteiger partial charge in [-0.3, -0.25) is 9.59 Å². The van der Waals surface area contributed by atoms with E-state index >= 15 is 0 Å². The number of hydrogen-bond donors (Lipinski definition) is 1. The summed E-state index contributed by atoms with van der Waals surface area (Å²) in [5.74, 6) is -2.35. The van der Waals surface area contributed by atoms with Gasteiger partial charge in [0.05, 0.1) is 46.0 Å². The van der Waals surface area contributed by atoms with Crippen LogP contribution >= 0.6 is 0 Å². The van der Waals surface area contributed by atoms with Gasteiger partial charge in [0.25, 0.3) is 0 Å². The van der Waals surface area contributed by atoms with Gasteiger partial charge in [-0.05, 0) is 51.0 Å². The molecule has 9 heteroatoms. The monoisotopic (exact) mass is 549 g/mol. The SMILES string of the molecule is CCOC(=O)C1=C(C)NC2=C(C(=O)[C@H](C(=O)OCC)[C@H](c3ccc(OC)cc3)C2)[C@@H]1c1ccc(OC)cc1OC. The molecule has 1 heterocycles. The van der Waals surface area contributed by atoms with E-state index in [-0.39, 0.29) is 18.8 Å². The standard InChI is InChI=1S/C31H35NO8/c1-7-39-30(34)25-17(3)32-23-16-22(18-9-11-19(36-4)12-10-18)27(31(35)40-8-2)29(33)28(23)26(25)21-14-13-20(37-5)15-24(21)38-6/h9-15,22,26-27,32H,7-8,16H2,1-6H3/t22-,26+,27+/m0/s1. The van der Waals surface area contributed by atoms with Gasteiger partial charge in [0.1, 0.15) is 23.2 Å². The number of ether oxygens (including phenoxy) is 5. The summed E-state index contributed by atoms with van der Waals surface area (Å²) in [4.78, 5) is 41.2. The van der Waals surface area contributed by atoms with Crippen molar-refractivity contribution in [1.29, 1.82) is 0 Å². The van der Waals surface area contributed by atoms with Gasteiger partial charge in [0.2, 0.25) is 0 Å². The molecule has 0 fully saturated rings. The Morgan fingerprint density at radius 2 is 1.55 bits per heavy atom. The van der Waals surface area contributed by atoms with Crippen LogP contribution < -0.4 is 19.5 Å². The van der Waals surface area contributed by atoms with Crippen molar-refractivity contribution in [1.82, 2.24) is 5.32 Å². The molecule has 0 amide bonds. The summed E-state index contributed by atoms with van der Waals surface area (Å²) in [6.45, 7) is 5.50. The second-order valence-corrected chi connectivity index (χ2v) is 9.50. The first-order valence-corrected chi connectivity index (χ1v) is 13.2. The van der Waals surface area contributed by atoms with Gasteiger partial charge >= 0.3 is 11.9 Å². The first-order valence-electron chi connectivity index (χ1n) is 13.2. The van der Waals surface area contributed by atoms with Crippen molar-refractivity contribution < 1.29 is 38.1 Å². The predicted octanol–water partition coefficient (Wildman–Crippen LogP) is 4.43. The number of hydrogen-bond acceptors (Lipinski definition) is 9. The third-order valence-corrected chi connectivity index (χ3v) is 7.35. The topological polar surface area (TPSA) is 109 Å². The molecule has 1 aliphatic carbocycles. The summed E-state index contributed by atoms with van der Waals surface area (Å²) in [6.07, 6.45) is 0.347. The fraction of sp³-hybridized carbons (Fsp3) is 0.387.